The molecule has 0 bridgehead atoms. The van der Waals surface area contributed by atoms with Crippen LogP contribution in [0.1, 0.15) is 37.5 Å². The summed E-state index contributed by atoms with van der Waals surface area (Å²) in [5, 5.41) is 10.4. The van der Waals surface area contributed by atoms with Crippen LogP contribution in [0.5, 0.6) is 5.75 Å². The number of nitriles is 1. The highest BCUT2D eigenvalue weighted by Gasteiger charge is 2.31. The normalized spacial score (nSPS) is 15.4. The van der Waals surface area contributed by atoms with Crippen molar-refractivity contribution < 1.29 is 14.3 Å². The summed E-state index contributed by atoms with van der Waals surface area (Å²) in [4.78, 5) is 19.5. The molecule has 39 heavy (non-hydrogen) atoms. The summed E-state index contributed by atoms with van der Waals surface area (Å²) in [6, 6.07) is 23.1. The molecule has 3 aromatic carbocycles. The van der Waals surface area contributed by atoms with Gasteiger partial charge in [0.2, 0.25) is 0 Å². The first kappa shape index (κ1) is 26.4. The molecule has 2 heterocycles. The Morgan fingerprint density at radius 1 is 0.897 bits per heavy atom. The number of fused-ring (bicyclic) bond motifs is 1. The molecule has 0 aromatic heterocycles. The first-order valence-electron chi connectivity index (χ1n) is 13.5. The summed E-state index contributed by atoms with van der Waals surface area (Å²) in [5.41, 5.74) is 6.47. The highest BCUT2D eigenvalue weighted by Crippen LogP contribution is 2.39. The Morgan fingerprint density at radius 2 is 1.56 bits per heavy atom. The Hall–Kier alpha value is -4.18. The summed E-state index contributed by atoms with van der Waals surface area (Å²) in [6.45, 7) is 9.98. The first-order chi connectivity index (χ1) is 18.8. The Balaban J connectivity index is 1.52. The monoisotopic (exact) mass is 524 g/mol. The predicted molar refractivity (Wildman–Crippen MR) is 154 cm³/mol. The second kappa shape index (κ2) is 10.9. The number of hydrogen-bond donors (Lipinski definition) is 0. The molecule has 0 radical (unpaired) electrons. The second-order valence-electron chi connectivity index (χ2n) is 11.1. The van der Waals surface area contributed by atoms with Crippen LogP contribution in [0.2, 0.25) is 0 Å². The van der Waals surface area contributed by atoms with Crippen molar-refractivity contribution in [2.45, 2.75) is 39.3 Å². The van der Waals surface area contributed by atoms with Crippen LogP contribution in [0.4, 0.5) is 16.2 Å². The van der Waals surface area contributed by atoms with Crippen molar-refractivity contribution >= 4 is 17.5 Å². The standard InChI is InChI=1S/C32H36N4O3/c1-32(2,3)39-31(37)36-15-14-26-28(21-33)30(35-18-16-34(17-19-35)24-8-6-5-7-9-24)20-27(29(26)22-36)23-10-12-25(38-4)13-11-23/h5-13,20H,14-19,22H2,1-4H3. The molecule has 0 aliphatic carbocycles. The molecule has 2 aliphatic heterocycles. The number of methoxy groups -OCH3 is 1. The summed E-state index contributed by atoms with van der Waals surface area (Å²) < 4.78 is 11.1. The average molecular weight is 525 g/mol. The van der Waals surface area contributed by atoms with Crippen molar-refractivity contribution in [1.82, 2.24) is 4.90 Å². The molecular formula is C32H36N4O3. The summed E-state index contributed by atoms with van der Waals surface area (Å²) in [7, 11) is 1.66. The summed E-state index contributed by atoms with van der Waals surface area (Å²) >= 11 is 0. The van der Waals surface area contributed by atoms with E-state index in [-0.39, 0.29) is 6.09 Å². The van der Waals surface area contributed by atoms with E-state index in [2.05, 4.69) is 46.2 Å². The maximum Gasteiger partial charge on any atom is 0.410 e. The topological polar surface area (TPSA) is 69.0 Å². The number of carbonyl (C=O) groups excluding carboxylic acids is 1. The molecule has 1 amide bonds. The Bertz CT molecular complexity index is 1370. The maximum absolute atomic E-state index is 13.0. The third-order valence-electron chi connectivity index (χ3n) is 7.42. The minimum atomic E-state index is -0.570. The smallest absolute Gasteiger partial charge is 0.410 e. The van der Waals surface area contributed by atoms with Gasteiger partial charge < -0.3 is 24.2 Å². The molecule has 7 nitrogen and oxygen atoms in total. The summed E-state index contributed by atoms with van der Waals surface area (Å²) in [6.07, 6.45) is 0.284. The fourth-order valence-corrected chi connectivity index (χ4v) is 5.47. The van der Waals surface area contributed by atoms with Crippen molar-refractivity contribution in [3.05, 3.63) is 77.4 Å². The Kier molecular flexibility index (Phi) is 7.38. The number of piperazine rings is 1. The van der Waals surface area contributed by atoms with Gasteiger partial charge in [0.05, 0.1) is 18.4 Å². The van der Waals surface area contributed by atoms with Gasteiger partial charge in [-0.25, -0.2) is 4.79 Å². The molecule has 5 rings (SSSR count). The van der Waals surface area contributed by atoms with E-state index < -0.39 is 5.60 Å². The van der Waals surface area contributed by atoms with E-state index in [1.165, 1.54) is 5.69 Å². The fourth-order valence-electron chi connectivity index (χ4n) is 5.47. The number of carbonyl (C=O) groups is 1. The molecule has 1 saturated heterocycles. The highest BCUT2D eigenvalue weighted by atomic mass is 16.6. The number of nitrogens with zero attached hydrogens (tertiary/aromatic N) is 4. The van der Waals surface area contributed by atoms with E-state index in [0.29, 0.717) is 19.5 Å². The zero-order chi connectivity index (χ0) is 27.6. The molecule has 0 N–H and O–H groups in total. The van der Waals surface area contributed by atoms with Crippen molar-refractivity contribution in [3.63, 3.8) is 0 Å². The van der Waals surface area contributed by atoms with Gasteiger partial charge in [0, 0.05) is 45.0 Å². The Morgan fingerprint density at radius 3 is 2.18 bits per heavy atom. The van der Waals surface area contributed by atoms with Crippen LogP contribution in [-0.4, -0.2) is 56.4 Å². The quantitative estimate of drug-likeness (QED) is 0.426. The van der Waals surface area contributed by atoms with Gasteiger partial charge >= 0.3 is 6.09 Å². The van der Waals surface area contributed by atoms with Gasteiger partial charge in [-0.05, 0) is 79.8 Å². The van der Waals surface area contributed by atoms with Crippen LogP contribution in [0.3, 0.4) is 0 Å². The molecule has 202 valence electrons. The molecule has 1 fully saturated rings. The Labute approximate surface area is 231 Å². The van der Waals surface area contributed by atoms with Crippen LogP contribution in [0.15, 0.2) is 60.7 Å². The van der Waals surface area contributed by atoms with Crippen molar-refractivity contribution in [3.8, 4) is 22.9 Å². The van der Waals surface area contributed by atoms with E-state index in [1.807, 2.05) is 51.1 Å². The maximum atomic E-state index is 13.0. The molecule has 0 saturated carbocycles. The van der Waals surface area contributed by atoms with Crippen LogP contribution in [0.25, 0.3) is 11.1 Å². The molecule has 7 heteroatoms. The predicted octanol–water partition coefficient (Wildman–Crippen LogP) is 5.85. The van der Waals surface area contributed by atoms with Crippen LogP contribution >= 0.6 is 0 Å². The van der Waals surface area contributed by atoms with Crippen LogP contribution < -0.4 is 14.5 Å². The van der Waals surface area contributed by atoms with Crippen molar-refractivity contribution in [1.29, 1.82) is 5.26 Å². The summed E-state index contributed by atoms with van der Waals surface area (Å²) in [5.74, 6) is 0.786. The number of amides is 1. The van der Waals surface area contributed by atoms with E-state index in [1.54, 1.807) is 12.0 Å². The van der Waals surface area contributed by atoms with Crippen LogP contribution in [-0.2, 0) is 17.7 Å². The third-order valence-corrected chi connectivity index (χ3v) is 7.42. The lowest BCUT2D eigenvalue weighted by atomic mass is 9.86. The molecular weight excluding hydrogens is 488 g/mol. The van der Waals surface area contributed by atoms with Gasteiger partial charge in [-0.1, -0.05) is 30.3 Å². The number of ether oxygens (including phenoxy) is 2. The second-order valence-corrected chi connectivity index (χ2v) is 11.1. The highest BCUT2D eigenvalue weighted by molar-refractivity contribution is 5.80. The lowest BCUT2D eigenvalue weighted by Gasteiger charge is -2.39. The zero-order valence-electron chi connectivity index (χ0n) is 23.2. The number of anilines is 2. The number of hydrogen-bond acceptors (Lipinski definition) is 6. The van der Waals surface area contributed by atoms with Gasteiger partial charge in [-0.3, -0.25) is 0 Å². The van der Waals surface area contributed by atoms with Crippen molar-refractivity contribution in [2.75, 3.05) is 49.6 Å². The van der Waals surface area contributed by atoms with Gasteiger partial charge in [0.1, 0.15) is 17.4 Å². The molecule has 3 aromatic rings. The fraction of sp³-hybridized carbons (Fsp3) is 0.375. The number of rotatable bonds is 4. The van der Waals surface area contributed by atoms with E-state index in [4.69, 9.17) is 9.47 Å². The molecule has 0 unspecified atom stereocenters. The zero-order valence-corrected chi connectivity index (χ0v) is 23.2. The average Bonchev–Trinajstić information content (AvgIpc) is 2.95. The van der Waals surface area contributed by atoms with Gasteiger partial charge in [-0.15, -0.1) is 0 Å². The number of para-hydroxylation sites is 1. The van der Waals surface area contributed by atoms with Gasteiger partial charge in [0.25, 0.3) is 0 Å². The minimum absolute atomic E-state index is 0.326. The lowest BCUT2D eigenvalue weighted by Crippen LogP contribution is -2.47. The van der Waals surface area contributed by atoms with E-state index in [0.717, 1.165) is 65.4 Å². The third kappa shape index (κ3) is 5.65. The molecule has 0 spiro atoms. The SMILES string of the molecule is COc1ccc(-c2cc(N3CCN(c4ccccc4)CC3)c(C#N)c3c2CN(C(=O)OC(C)(C)C)CC3)cc1. The van der Waals surface area contributed by atoms with Crippen LogP contribution in [0, 0.1) is 11.3 Å². The van der Waals surface area contributed by atoms with Gasteiger partial charge in [-0.2, -0.15) is 5.26 Å². The molecule has 0 atom stereocenters. The van der Waals surface area contributed by atoms with E-state index >= 15 is 0 Å². The van der Waals surface area contributed by atoms with Gasteiger partial charge in [0.15, 0.2) is 0 Å². The largest absolute Gasteiger partial charge is 0.497 e. The molecule has 2 aliphatic rings. The lowest BCUT2D eigenvalue weighted by molar-refractivity contribution is 0.0224. The van der Waals surface area contributed by atoms with Crippen molar-refractivity contribution in [2.24, 2.45) is 0 Å². The van der Waals surface area contributed by atoms with E-state index in [9.17, 15) is 10.1 Å². The minimum Gasteiger partial charge on any atom is -0.497 e. The first-order valence-corrected chi connectivity index (χ1v) is 13.5. The number of benzene rings is 3.